The molecule has 4 N–H and O–H groups in total. The molecule has 0 amide bonds. The van der Waals surface area contributed by atoms with Crippen LogP contribution in [0.4, 0.5) is 0 Å². The van der Waals surface area contributed by atoms with E-state index in [1.165, 1.54) is 77.0 Å². The van der Waals surface area contributed by atoms with Gasteiger partial charge >= 0.3 is 5.97 Å². The number of aliphatic hydroxyl groups is 3. The Morgan fingerprint density at radius 3 is 1.22 bits per heavy atom. The quantitative estimate of drug-likeness (QED) is 0.185. The van der Waals surface area contributed by atoms with Gasteiger partial charge in [0.25, 0.3) is 0 Å². The van der Waals surface area contributed by atoms with Crippen LogP contribution in [-0.4, -0.2) is 38.8 Å². The molecule has 0 radical (unpaired) electrons. The van der Waals surface area contributed by atoms with Gasteiger partial charge < -0.3 is 20.4 Å². The summed E-state index contributed by atoms with van der Waals surface area (Å²) >= 11 is 0. The van der Waals surface area contributed by atoms with Crippen molar-refractivity contribution in [3.05, 3.63) is 0 Å². The predicted molar refractivity (Wildman–Crippen MR) is 112 cm³/mol. The third-order valence-corrected chi connectivity index (χ3v) is 4.66. The number of hydrogen-bond donors (Lipinski definition) is 4. The number of hydrogen-bond acceptors (Lipinski definition) is 4. The van der Waals surface area contributed by atoms with Gasteiger partial charge in [-0.15, -0.1) is 0 Å². The Kier molecular flexibility index (Phi) is 24.7. The highest BCUT2D eigenvalue weighted by atomic mass is 16.5. The maximum absolute atomic E-state index is 10.4. The maximum atomic E-state index is 10.4. The Morgan fingerprint density at radius 1 is 0.593 bits per heavy atom. The van der Waals surface area contributed by atoms with Crippen LogP contribution in [0.2, 0.25) is 0 Å². The average Bonchev–Trinajstić information content (AvgIpc) is 2.62. The molecule has 0 spiro atoms. The Labute approximate surface area is 167 Å². The van der Waals surface area contributed by atoms with Gasteiger partial charge in [-0.25, -0.2) is 4.79 Å². The molecule has 0 heterocycles. The van der Waals surface area contributed by atoms with Gasteiger partial charge in [-0.05, 0) is 12.8 Å². The normalized spacial score (nSPS) is 11.9. The van der Waals surface area contributed by atoms with Crippen molar-refractivity contribution in [1.29, 1.82) is 0 Å². The van der Waals surface area contributed by atoms with E-state index in [1.807, 2.05) is 6.92 Å². The van der Waals surface area contributed by atoms with E-state index in [9.17, 15) is 4.79 Å². The van der Waals surface area contributed by atoms with Crippen molar-refractivity contribution in [3.63, 3.8) is 0 Å². The molecule has 0 fully saturated rings. The minimum atomic E-state index is -1.16. The molecule has 0 rings (SSSR count). The molecule has 1 unspecified atom stereocenters. The highest BCUT2D eigenvalue weighted by Crippen LogP contribution is 2.13. The Bertz CT molecular complexity index is 294. The van der Waals surface area contributed by atoms with E-state index in [0.717, 1.165) is 19.3 Å². The predicted octanol–water partition coefficient (Wildman–Crippen LogP) is 5.40. The van der Waals surface area contributed by atoms with Gasteiger partial charge in [0, 0.05) is 0 Å². The molecule has 164 valence electrons. The summed E-state index contributed by atoms with van der Waals surface area (Å²) in [6, 6.07) is 0. The number of carboxylic acid groups (broad SMARTS) is 1. The van der Waals surface area contributed by atoms with Crippen LogP contribution < -0.4 is 0 Å². The minimum absolute atomic E-state index is 0.396. The summed E-state index contributed by atoms with van der Waals surface area (Å²) in [6.07, 6.45) is 17.5. The van der Waals surface area contributed by atoms with Crippen LogP contribution in [0.25, 0.3) is 0 Å². The fourth-order valence-electron chi connectivity index (χ4n) is 2.91. The zero-order valence-corrected chi connectivity index (χ0v) is 17.9. The van der Waals surface area contributed by atoms with Crippen LogP contribution in [0.15, 0.2) is 0 Å². The lowest BCUT2D eigenvalue weighted by Crippen LogP contribution is -2.18. The molecular weight excluding hydrogens is 344 g/mol. The number of unbranched alkanes of at least 4 members (excludes halogenated alkanes) is 13. The molecule has 0 aromatic heterocycles. The first kappa shape index (κ1) is 28.6. The van der Waals surface area contributed by atoms with Gasteiger partial charge in [-0.2, -0.15) is 0 Å². The number of aliphatic carboxylic acids is 1. The topological polar surface area (TPSA) is 98.0 Å². The molecule has 27 heavy (non-hydrogen) atoms. The molecule has 0 aliphatic heterocycles. The lowest BCUT2D eigenvalue weighted by Gasteiger charge is -2.05. The third kappa shape index (κ3) is 27.7. The molecule has 0 aromatic carbocycles. The summed E-state index contributed by atoms with van der Waals surface area (Å²) in [4.78, 5) is 10.4. The van der Waals surface area contributed by atoms with Crippen molar-refractivity contribution in [1.82, 2.24) is 0 Å². The molecule has 0 aliphatic rings. The second kappa shape index (κ2) is 23.4. The van der Waals surface area contributed by atoms with Crippen LogP contribution in [0, 0.1) is 0 Å². The van der Waals surface area contributed by atoms with Crippen LogP contribution in [0.1, 0.15) is 123 Å². The second-order valence-electron chi connectivity index (χ2n) is 7.51. The standard InChI is InChI=1S/C18H36O3.C4H10O2/c1-2-3-4-5-6-7-8-9-10-11-12-13-14-15-16-17(19)18(20)21;1-2-3-4(5)6/h17,19H,2-16H2,1H3,(H,20,21);4-6H,2-3H2,1H3. The lowest BCUT2D eigenvalue weighted by molar-refractivity contribution is -0.146. The summed E-state index contributed by atoms with van der Waals surface area (Å²) in [5.41, 5.74) is 0. The van der Waals surface area contributed by atoms with E-state index in [0.29, 0.717) is 12.8 Å². The lowest BCUT2D eigenvalue weighted by atomic mass is 10.0. The molecule has 5 nitrogen and oxygen atoms in total. The zero-order chi connectivity index (χ0) is 20.8. The number of carboxylic acids is 1. The number of aliphatic hydroxyl groups excluding tert-OH is 2. The first-order chi connectivity index (χ1) is 13.0. The molecule has 0 bridgehead atoms. The van der Waals surface area contributed by atoms with Crippen molar-refractivity contribution in [2.24, 2.45) is 0 Å². The largest absolute Gasteiger partial charge is 0.479 e. The number of carbonyl (C=O) groups is 1. The molecular formula is C22H46O5. The SMILES string of the molecule is CCCC(O)O.CCCCCCCCCCCCCCCCC(O)C(=O)O. The van der Waals surface area contributed by atoms with Crippen LogP contribution in [0.5, 0.6) is 0 Å². The first-order valence-electron chi connectivity index (χ1n) is 11.2. The van der Waals surface area contributed by atoms with Crippen LogP contribution >= 0.6 is 0 Å². The van der Waals surface area contributed by atoms with E-state index in [1.54, 1.807) is 0 Å². The maximum Gasteiger partial charge on any atom is 0.332 e. The highest BCUT2D eigenvalue weighted by Gasteiger charge is 2.11. The van der Waals surface area contributed by atoms with E-state index in [4.69, 9.17) is 20.4 Å². The van der Waals surface area contributed by atoms with Crippen molar-refractivity contribution in [3.8, 4) is 0 Å². The Hall–Kier alpha value is -0.650. The first-order valence-corrected chi connectivity index (χ1v) is 11.2. The van der Waals surface area contributed by atoms with Crippen molar-refractivity contribution in [2.75, 3.05) is 0 Å². The summed E-state index contributed by atoms with van der Waals surface area (Å²) in [5.74, 6) is -1.09. The fourth-order valence-corrected chi connectivity index (χ4v) is 2.91. The van der Waals surface area contributed by atoms with Crippen molar-refractivity contribution in [2.45, 2.75) is 135 Å². The average molecular weight is 391 g/mol. The zero-order valence-electron chi connectivity index (χ0n) is 17.9. The summed E-state index contributed by atoms with van der Waals surface area (Å²) in [5, 5.41) is 33.9. The summed E-state index contributed by atoms with van der Waals surface area (Å²) < 4.78 is 0. The van der Waals surface area contributed by atoms with Gasteiger partial charge in [0.2, 0.25) is 0 Å². The van der Waals surface area contributed by atoms with Gasteiger partial charge in [0.05, 0.1) is 0 Å². The monoisotopic (exact) mass is 390 g/mol. The molecule has 1 atom stereocenters. The Balaban J connectivity index is 0. The number of rotatable bonds is 18. The van der Waals surface area contributed by atoms with Gasteiger partial charge in [0.1, 0.15) is 0 Å². The second-order valence-corrected chi connectivity index (χ2v) is 7.51. The summed E-state index contributed by atoms with van der Waals surface area (Å²) in [7, 11) is 0. The fraction of sp³-hybridized carbons (Fsp3) is 0.955. The minimum Gasteiger partial charge on any atom is -0.479 e. The van der Waals surface area contributed by atoms with Crippen molar-refractivity contribution >= 4 is 5.97 Å². The van der Waals surface area contributed by atoms with E-state index < -0.39 is 18.4 Å². The van der Waals surface area contributed by atoms with Crippen LogP contribution in [0.3, 0.4) is 0 Å². The van der Waals surface area contributed by atoms with Crippen molar-refractivity contribution < 1.29 is 25.2 Å². The van der Waals surface area contributed by atoms with Gasteiger partial charge in [-0.1, -0.05) is 110 Å². The molecule has 0 aliphatic carbocycles. The Morgan fingerprint density at radius 2 is 0.963 bits per heavy atom. The van der Waals surface area contributed by atoms with E-state index in [2.05, 4.69) is 6.92 Å². The van der Waals surface area contributed by atoms with Gasteiger partial charge in [0.15, 0.2) is 12.4 Å². The van der Waals surface area contributed by atoms with E-state index in [-0.39, 0.29) is 0 Å². The molecule has 0 aromatic rings. The molecule has 5 heteroatoms. The highest BCUT2D eigenvalue weighted by molar-refractivity contribution is 5.71. The van der Waals surface area contributed by atoms with Gasteiger partial charge in [-0.3, -0.25) is 0 Å². The van der Waals surface area contributed by atoms with Crippen LogP contribution in [-0.2, 0) is 4.79 Å². The smallest absolute Gasteiger partial charge is 0.332 e. The molecule has 0 saturated carbocycles. The summed E-state index contributed by atoms with van der Waals surface area (Å²) in [6.45, 7) is 4.16. The van der Waals surface area contributed by atoms with E-state index >= 15 is 0 Å². The molecule has 0 saturated heterocycles. The third-order valence-electron chi connectivity index (χ3n) is 4.66.